The maximum atomic E-state index is 5.25. The maximum Gasteiger partial charge on any atom is 0.0949 e. The highest BCUT2D eigenvalue weighted by atomic mass is 16.6. The summed E-state index contributed by atoms with van der Waals surface area (Å²) in [7, 11) is 2.07. The Bertz CT molecular complexity index is 343. The fraction of sp³-hybridized carbons (Fsp3) is 0.700. The van der Waals surface area contributed by atoms with Crippen LogP contribution in [0.4, 0.5) is 0 Å². The van der Waals surface area contributed by atoms with Gasteiger partial charge in [0, 0.05) is 33.1 Å². The van der Waals surface area contributed by atoms with Crippen LogP contribution in [0.3, 0.4) is 0 Å². The summed E-state index contributed by atoms with van der Waals surface area (Å²) in [5, 5.41) is 0. The van der Waals surface area contributed by atoms with Gasteiger partial charge in [0.1, 0.15) is 0 Å². The van der Waals surface area contributed by atoms with Crippen LogP contribution in [-0.2, 0) is 24.8 Å². The number of nitrogens with zero attached hydrogens (tertiary/aromatic N) is 3. The van der Waals surface area contributed by atoms with Crippen LogP contribution in [0.15, 0.2) is 6.33 Å². The molecule has 4 heteroatoms. The highest BCUT2D eigenvalue weighted by Crippen LogP contribution is 2.19. The quantitative estimate of drug-likeness (QED) is 0.628. The lowest BCUT2D eigenvalue weighted by Crippen LogP contribution is -2.34. The second-order valence-corrected chi connectivity index (χ2v) is 4.19. The summed E-state index contributed by atoms with van der Waals surface area (Å²) >= 11 is 0. The summed E-state index contributed by atoms with van der Waals surface area (Å²) in [5.74, 6) is 0. The molecule has 1 aromatic rings. The number of epoxide rings is 1. The molecule has 1 saturated heterocycles. The van der Waals surface area contributed by atoms with Crippen LogP contribution in [0.2, 0.25) is 0 Å². The summed E-state index contributed by atoms with van der Waals surface area (Å²) < 4.78 is 7.38. The predicted octanol–water partition coefficient (Wildman–Crippen LogP) is 0.177. The fourth-order valence-electron chi connectivity index (χ4n) is 2.09. The van der Waals surface area contributed by atoms with Gasteiger partial charge in [-0.25, -0.2) is 4.98 Å². The van der Waals surface area contributed by atoms with E-state index in [9.17, 15) is 0 Å². The Morgan fingerprint density at radius 2 is 2.50 bits per heavy atom. The van der Waals surface area contributed by atoms with Crippen molar-refractivity contribution in [2.45, 2.75) is 19.1 Å². The highest BCUT2D eigenvalue weighted by molar-refractivity contribution is 5.16. The molecule has 14 heavy (non-hydrogen) atoms. The average molecular weight is 193 g/mol. The Kier molecular flexibility index (Phi) is 1.85. The van der Waals surface area contributed by atoms with E-state index in [0.717, 1.165) is 32.7 Å². The summed E-state index contributed by atoms with van der Waals surface area (Å²) in [6.45, 7) is 4.20. The molecule has 1 atom stereocenters. The third-order valence-electron chi connectivity index (χ3n) is 3.05. The second-order valence-electron chi connectivity index (χ2n) is 4.19. The molecule has 3 heterocycles. The highest BCUT2D eigenvalue weighted by Gasteiger charge is 2.28. The van der Waals surface area contributed by atoms with Crippen LogP contribution >= 0.6 is 0 Å². The first-order valence-corrected chi connectivity index (χ1v) is 5.16. The smallest absolute Gasteiger partial charge is 0.0949 e. The van der Waals surface area contributed by atoms with E-state index in [1.807, 2.05) is 6.33 Å². The van der Waals surface area contributed by atoms with Crippen molar-refractivity contribution < 1.29 is 4.74 Å². The first-order chi connectivity index (χ1) is 6.83. The molecular weight excluding hydrogens is 178 g/mol. The van der Waals surface area contributed by atoms with E-state index >= 15 is 0 Å². The van der Waals surface area contributed by atoms with Gasteiger partial charge in [-0.1, -0.05) is 0 Å². The first kappa shape index (κ1) is 8.44. The molecule has 3 rings (SSSR count). The SMILES string of the molecule is Cn1cnc2c1CN(CC1CO1)CC2. The van der Waals surface area contributed by atoms with E-state index in [1.165, 1.54) is 11.4 Å². The summed E-state index contributed by atoms with van der Waals surface area (Å²) in [4.78, 5) is 6.85. The standard InChI is InChI=1S/C10H15N3O/c1-12-7-11-9-2-3-13(5-10(9)12)4-8-6-14-8/h7-8H,2-6H2,1H3. The zero-order chi connectivity index (χ0) is 9.54. The van der Waals surface area contributed by atoms with Crippen molar-refractivity contribution in [3.05, 3.63) is 17.7 Å². The topological polar surface area (TPSA) is 33.6 Å². The maximum absolute atomic E-state index is 5.25. The molecule has 0 aliphatic carbocycles. The van der Waals surface area contributed by atoms with Crippen molar-refractivity contribution in [3.8, 4) is 0 Å². The number of rotatable bonds is 2. The van der Waals surface area contributed by atoms with E-state index in [1.54, 1.807) is 0 Å². The number of fused-ring (bicyclic) bond motifs is 1. The molecule has 2 aliphatic heterocycles. The van der Waals surface area contributed by atoms with E-state index < -0.39 is 0 Å². The lowest BCUT2D eigenvalue weighted by Gasteiger charge is -2.26. The van der Waals surface area contributed by atoms with Crippen LogP contribution in [0, 0.1) is 0 Å². The zero-order valence-electron chi connectivity index (χ0n) is 8.44. The first-order valence-electron chi connectivity index (χ1n) is 5.16. The third kappa shape index (κ3) is 1.44. The summed E-state index contributed by atoms with van der Waals surface area (Å²) in [6.07, 6.45) is 3.51. The Labute approximate surface area is 83.5 Å². The van der Waals surface area contributed by atoms with Crippen molar-refractivity contribution in [1.29, 1.82) is 0 Å². The minimum atomic E-state index is 0.504. The van der Waals surface area contributed by atoms with Crippen LogP contribution in [0.1, 0.15) is 11.4 Å². The van der Waals surface area contributed by atoms with Gasteiger partial charge in [-0.2, -0.15) is 0 Å². The number of aryl methyl sites for hydroxylation is 1. The molecule has 0 amide bonds. The molecule has 1 aromatic heterocycles. The van der Waals surface area contributed by atoms with Crippen molar-refractivity contribution in [1.82, 2.24) is 14.5 Å². The van der Waals surface area contributed by atoms with Gasteiger partial charge in [0.05, 0.1) is 30.4 Å². The molecule has 2 aliphatic rings. The molecule has 0 N–H and O–H groups in total. The number of hydrogen-bond acceptors (Lipinski definition) is 3. The fourth-order valence-corrected chi connectivity index (χ4v) is 2.09. The van der Waals surface area contributed by atoms with Crippen LogP contribution in [0.5, 0.6) is 0 Å². The Morgan fingerprint density at radius 1 is 1.64 bits per heavy atom. The van der Waals surface area contributed by atoms with Gasteiger partial charge in [0.2, 0.25) is 0 Å². The Hall–Kier alpha value is -0.870. The molecule has 4 nitrogen and oxygen atoms in total. The Morgan fingerprint density at radius 3 is 3.29 bits per heavy atom. The van der Waals surface area contributed by atoms with Gasteiger partial charge in [-0.05, 0) is 0 Å². The van der Waals surface area contributed by atoms with E-state index in [4.69, 9.17) is 4.74 Å². The predicted molar refractivity (Wildman–Crippen MR) is 51.9 cm³/mol. The van der Waals surface area contributed by atoms with Crippen LogP contribution in [-0.4, -0.2) is 40.3 Å². The summed E-state index contributed by atoms with van der Waals surface area (Å²) in [5.41, 5.74) is 2.65. The van der Waals surface area contributed by atoms with Crippen LogP contribution < -0.4 is 0 Å². The normalized spacial score (nSPS) is 26.2. The molecular formula is C10H15N3O. The molecule has 1 fully saturated rings. The third-order valence-corrected chi connectivity index (χ3v) is 3.05. The molecule has 76 valence electrons. The molecule has 0 spiro atoms. The van der Waals surface area contributed by atoms with Gasteiger partial charge in [0.15, 0.2) is 0 Å². The van der Waals surface area contributed by atoms with Gasteiger partial charge in [0.25, 0.3) is 0 Å². The zero-order valence-corrected chi connectivity index (χ0v) is 8.44. The number of imidazole rings is 1. The average Bonchev–Trinajstić information content (AvgIpc) is 2.92. The molecule has 0 radical (unpaired) electrons. The largest absolute Gasteiger partial charge is 0.372 e. The lowest BCUT2D eigenvalue weighted by molar-refractivity contribution is 0.220. The lowest BCUT2D eigenvalue weighted by atomic mass is 10.1. The van der Waals surface area contributed by atoms with Crippen molar-refractivity contribution >= 4 is 0 Å². The molecule has 0 bridgehead atoms. The van der Waals surface area contributed by atoms with Gasteiger partial charge < -0.3 is 9.30 Å². The van der Waals surface area contributed by atoms with Crippen molar-refractivity contribution in [2.75, 3.05) is 19.7 Å². The van der Waals surface area contributed by atoms with E-state index in [2.05, 4.69) is 21.5 Å². The second kappa shape index (κ2) is 3.07. The minimum Gasteiger partial charge on any atom is -0.372 e. The number of ether oxygens (including phenoxy) is 1. The number of hydrogen-bond donors (Lipinski definition) is 0. The van der Waals surface area contributed by atoms with Gasteiger partial charge in [-0.3, -0.25) is 4.90 Å². The van der Waals surface area contributed by atoms with Gasteiger partial charge >= 0.3 is 0 Å². The summed E-state index contributed by atoms with van der Waals surface area (Å²) in [6, 6.07) is 0. The van der Waals surface area contributed by atoms with Gasteiger partial charge in [-0.15, -0.1) is 0 Å². The van der Waals surface area contributed by atoms with Crippen molar-refractivity contribution in [2.24, 2.45) is 7.05 Å². The van der Waals surface area contributed by atoms with Crippen molar-refractivity contribution in [3.63, 3.8) is 0 Å². The van der Waals surface area contributed by atoms with E-state index in [-0.39, 0.29) is 0 Å². The monoisotopic (exact) mass is 193 g/mol. The molecule has 1 unspecified atom stereocenters. The Balaban J connectivity index is 1.74. The van der Waals surface area contributed by atoms with E-state index in [0.29, 0.717) is 6.10 Å². The minimum absolute atomic E-state index is 0.504. The molecule has 0 aromatic carbocycles. The molecule has 0 saturated carbocycles. The number of aromatic nitrogens is 2. The van der Waals surface area contributed by atoms with Crippen LogP contribution in [0.25, 0.3) is 0 Å².